The molecule has 0 bridgehead atoms. The third-order valence-electron chi connectivity index (χ3n) is 21.6. The van der Waals surface area contributed by atoms with Crippen LogP contribution in [0.2, 0.25) is 25.1 Å². The zero-order valence-corrected chi connectivity index (χ0v) is 70.9. The van der Waals surface area contributed by atoms with Gasteiger partial charge in [0.2, 0.25) is 0 Å². The maximum atomic E-state index is 13.4. The zero-order valence-electron chi connectivity index (χ0n) is 63.9. The Morgan fingerprint density at radius 3 is 1.07 bits per heavy atom. The highest BCUT2D eigenvalue weighted by Gasteiger charge is 2.34. The van der Waals surface area contributed by atoms with E-state index >= 15 is 0 Å². The number of nitrogens with zero attached hydrogens (tertiary/aromatic N) is 5. The van der Waals surface area contributed by atoms with Gasteiger partial charge in [0.25, 0.3) is 29.5 Å². The third-order valence-corrected chi connectivity index (χ3v) is 28.7. The first-order valence-corrected chi connectivity index (χ1v) is 43.7. The van der Waals surface area contributed by atoms with E-state index in [2.05, 4.69) is 68.2 Å². The van der Waals surface area contributed by atoms with E-state index in [1.807, 2.05) is 171 Å². The number of thiophene rings is 4. The molecule has 0 unspecified atom stereocenters. The molecule has 5 aliphatic heterocycles. The van der Waals surface area contributed by atoms with Gasteiger partial charge in [-0.1, -0.05) is 202 Å². The minimum Gasteiger partial charge on any atom is -0.497 e. The number of carbonyl (C=O) groups excluding carboxylic acids is 5. The van der Waals surface area contributed by atoms with E-state index in [0.29, 0.717) is 68.1 Å². The maximum Gasteiger partial charge on any atom is 0.276 e. The number of H-pyrrole nitrogens is 1. The minimum absolute atomic E-state index is 0.0124. The van der Waals surface area contributed by atoms with Crippen LogP contribution >= 0.6 is 103 Å². The lowest BCUT2D eigenvalue weighted by molar-refractivity contribution is 0.0975. The first kappa shape index (κ1) is 79.9. The number of nitrogens with one attached hydrogen (secondary N) is 1. The summed E-state index contributed by atoms with van der Waals surface area (Å²) < 4.78 is 22.6. The van der Waals surface area contributed by atoms with Gasteiger partial charge in [-0.2, -0.15) is 0 Å². The molecule has 5 amide bonds. The Morgan fingerprint density at radius 2 is 0.664 bits per heavy atom. The Kier molecular flexibility index (Phi) is 23.9. The topological polar surface area (TPSA) is 127 Å². The highest BCUT2D eigenvalue weighted by atomic mass is 35.5. The smallest absolute Gasteiger partial charge is 0.276 e. The zero-order chi connectivity index (χ0) is 80.6. The van der Waals surface area contributed by atoms with Crippen molar-refractivity contribution < 1.29 is 33.1 Å². The molecule has 0 atom stereocenters. The molecule has 586 valence electrons. The summed E-state index contributed by atoms with van der Waals surface area (Å²) in [5, 5.41) is 7.12. The number of rotatable bonds is 6. The fraction of sp³-hybridized carbons (Fsp3) is 0.202. The number of ether oxygens (including phenoxy) is 1. The van der Waals surface area contributed by atoms with Crippen LogP contribution in [0, 0.1) is 26.6 Å². The highest BCUT2D eigenvalue weighted by molar-refractivity contribution is 7.23. The van der Waals surface area contributed by atoms with E-state index in [-0.39, 0.29) is 35.4 Å². The third kappa shape index (κ3) is 16.1. The van der Waals surface area contributed by atoms with Crippen molar-refractivity contribution in [1.29, 1.82) is 0 Å². The normalized spacial score (nSPS) is 14.0. The Morgan fingerprint density at radius 1 is 0.336 bits per heavy atom. The molecule has 10 aromatic carbocycles. The molecular weight excluding hydrogens is 1630 g/mol. The van der Waals surface area contributed by atoms with E-state index in [0.717, 1.165) is 170 Å². The molecule has 10 heterocycles. The Hall–Kier alpha value is -9.89. The van der Waals surface area contributed by atoms with Crippen LogP contribution in [-0.2, 0) is 32.1 Å². The largest absolute Gasteiger partial charge is 0.497 e. The van der Waals surface area contributed by atoms with Crippen molar-refractivity contribution in [3.8, 4) is 5.75 Å². The van der Waals surface area contributed by atoms with E-state index in [9.17, 15) is 28.4 Å². The van der Waals surface area contributed by atoms with Gasteiger partial charge in [0.05, 0.1) is 32.2 Å². The molecule has 116 heavy (non-hydrogen) atoms. The number of amides is 5. The SMILES string of the molecule is COc1ccc2c(c1)CCCN2C(=O)c1sc2ccccc2c1Cl.Cc1ccc2c(c1)CCCN2C(=O)c1[nH]c2ccccc2c1Cl.Cc1ccc2c(c1)CCCN2C(=O)c1sc2cc(F)ccc2c1Cl.Cc1ccc2c(c1)CCCN2C(=O)c1sc2ccccc2c1Cl.O=C(c1sc2ccccc2c1Cl)N1CCCc2ccccc21. The lowest BCUT2D eigenvalue weighted by Crippen LogP contribution is -2.35. The molecule has 20 rings (SSSR count). The Labute approximate surface area is 712 Å². The van der Waals surface area contributed by atoms with Gasteiger partial charge in [0, 0.05) is 112 Å². The number of para-hydroxylation sites is 2. The quantitative estimate of drug-likeness (QED) is 0.177. The summed E-state index contributed by atoms with van der Waals surface area (Å²) >= 11 is 38.0. The number of halogens is 6. The van der Waals surface area contributed by atoms with E-state index < -0.39 is 0 Å². The molecule has 22 heteroatoms. The van der Waals surface area contributed by atoms with Gasteiger partial charge in [-0.15, -0.1) is 45.3 Å². The molecule has 15 aromatic rings. The lowest BCUT2D eigenvalue weighted by atomic mass is 9.99. The first-order chi connectivity index (χ1) is 56.3. The lowest BCUT2D eigenvalue weighted by Gasteiger charge is -2.29. The van der Waals surface area contributed by atoms with Crippen LogP contribution in [0.5, 0.6) is 5.75 Å². The van der Waals surface area contributed by atoms with Crippen molar-refractivity contribution in [3.63, 3.8) is 0 Å². The molecular formula is C94H78Cl5FN6O6S4. The summed E-state index contributed by atoms with van der Waals surface area (Å²) in [5.74, 6) is 0.343. The highest BCUT2D eigenvalue weighted by Crippen LogP contribution is 2.45. The molecule has 0 spiro atoms. The molecule has 0 saturated heterocycles. The van der Waals surface area contributed by atoms with Gasteiger partial charge in [-0.25, -0.2) is 4.39 Å². The van der Waals surface area contributed by atoms with Gasteiger partial charge < -0.3 is 34.2 Å². The number of hydrogen-bond acceptors (Lipinski definition) is 10. The second kappa shape index (κ2) is 34.7. The number of aromatic nitrogens is 1. The monoisotopic (exact) mass is 1710 g/mol. The number of aromatic amines is 1. The summed E-state index contributed by atoms with van der Waals surface area (Å²) in [4.78, 5) is 80.1. The minimum atomic E-state index is -0.321. The summed E-state index contributed by atoms with van der Waals surface area (Å²) in [6, 6.07) is 68.6. The number of hydrogen-bond donors (Lipinski definition) is 1. The van der Waals surface area contributed by atoms with Crippen LogP contribution in [0.25, 0.3) is 51.2 Å². The molecule has 0 radical (unpaired) electrons. The van der Waals surface area contributed by atoms with Crippen LogP contribution in [0.15, 0.2) is 212 Å². The summed E-state index contributed by atoms with van der Waals surface area (Å²) in [6.07, 6.45) is 9.83. The number of methoxy groups -OCH3 is 1. The van der Waals surface area contributed by atoms with E-state index in [1.54, 1.807) is 18.1 Å². The average molecular weight is 1710 g/mol. The number of benzene rings is 10. The van der Waals surface area contributed by atoms with Gasteiger partial charge in [-0.05, 0) is 198 Å². The summed E-state index contributed by atoms with van der Waals surface area (Å²) in [6.45, 7) is 9.83. The molecule has 0 saturated carbocycles. The Bertz CT molecular complexity index is 6210. The first-order valence-electron chi connectivity index (χ1n) is 38.6. The fourth-order valence-corrected chi connectivity index (χ4v) is 22.1. The summed E-state index contributed by atoms with van der Waals surface area (Å²) in [7, 11) is 1.66. The number of anilines is 5. The van der Waals surface area contributed by atoms with Crippen LogP contribution in [-0.4, -0.2) is 74.4 Å². The van der Waals surface area contributed by atoms with E-state index in [1.165, 1.54) is 96.4 Å². The van der Waals surface area contributed by atoms with Crippen LogP contribution in [0.3, 0.4) is 0 Å². The average Bonchev–Trinajstić information content (AvgIpc) is 1.42. The summed E-state index contributed by atoms with van der Waals surface area (Å²) in [5.41, 5.74) is 16.0. The molecule has 1 N–H and O–H groups in total. The van der Waals surface area contributed by atoms with Crippen molar-refractivity contribution in [2.45, 2.75) is 85.0 Å². The van der Waals surface area contributed by atoms with Crippen molar-refractivity contribution in [1.82, 2.24) is 4.98 Å². The van der Waals surface area contributed by atoms with Crippen LogP contribution in [0.4, 0.5) is 32.8 Å². The number of carbonyl (C=O) groups is 5. The van der Waals surface area contributed by atoms with Crippen molar-refractivity contribution in [2.75, 3.05) is 64.3 Å². The van der Waals surface area contributed by atoms with Gasteiger partial charge >= 0.3 is 0 Å². The number of fused-ring (bicyclic) bond motifs is 10. The van der Waals surface area contributed by atoms with Gasteiger partial charge in [0.15, 0.2) is 0 Å². The fourth-order valence-electron chi connectivity index (χ4n) is 16.0. The molecule has 5 aromatic heterocycles. The standard InChI is InChI=1S/C19H15ClFNOS.C19H17ClN2O.C19H16ClNO2S.C19H16ClNOS.C18H14ClNOS/c1-11-4-7-15-12(9-11)3-2-8-22(15)19(23)18-17(20)14-6-5-13(21)10-16(14)24-18;1-12-8-9-16-13(11-12)5-4-10-22(16)19(23)18-17(20)14-6-2-3-7-15(14)21-18;1-23-13-8-9-15-12(11-13)5-4-10-21(15)19(22)18-17(20)14-6-2-3-7-16(14)24-18;1-12-8-9-15-13(11-12)5-4-10-21(15)19(22)18-17(20)14-6-2-3-7-16(14)23-18;19-16-13-8-2-4-10-15(13)22-17(16)18(21)20-11-5-7-12-6-1-3-9-14(12)20/h4-7,9-10H,2-3,8H2,1H3;2-3,6-9,11,21H,4-5,10H2,1H3;2-3,6-9,11H,4-5,10H2,1H3;2-3,6-9,11H,4-5,10H2,1H3;1-4,6,8-10H,5,7,11H2. The Balaban J connectivity index is 0.000000109. The van der Waals surface area contributed by atoms with Crippen LogP contribution < -0.4 is 29.2 Å². The predicted octanol–water partition coefficient (Wildman–Crippen LogP) is 26.1. The van der Waals surface area contributed by atoms with Crippen molar-refractivity contribution >= 4 is 213 Å². The molecule has 5 aliphatic rings. The van der Waals surface area contributed by atoms with E-state index in [4.69, 9.17) is 62.7 Å². The van der Waals surface area contributed by atoms with Gasteiger partial charge in [0.1, 0.15) is 36.8 Å². The molecule has 12 nitrogen and oxygen atoms in total. The molecule has 0 fully saturated rings. The molecule has 0 aliphatic carbocycles. The predicted molar refractivity (Wildman–Crippen MR) is 484 cm³/mol. The van der Waals surface area contributed by atoms with Crippen LogP contribution in [0.1, 0.15) is 126 Å². The van der Waals surface area contributed by atoms with Gasteiger partial charge in [-0.3, -0.25) is 24.0 Å². The van der Waals surface area contributed by atoms with Crippen molar-refractivity contribution in [2.24, 2.45) is 0 Å². The second-order valence-corrected chi connectivity index (χ2v) is 35.4. The second-order valence-electron chi connectivity index (χ2n) is 29.3. The maximum absolute atomic E-state index is 13.4. The number of aryl methyl sites for hydroxylation is 8. The van der Waals surface area contributed by atoms with Crippen molar-refractivity contribution in [3.05, 3.63) is 313 Å².